The van der Waals surface area contributed by atoms with Gasteiger partial charge in [-0.05, 0) is 61.1 Å². The fourth-order valence-corrected chi connectivity index (χ4v) is 4.23. The van der Waals surface area contributed by atoms with Crippen molar-refractivity contribution >= 4 is 21.8 Å². The molecule has 130 valence electrons. The molecule has 2 aromatic carbocycles. The Morgan fingerprint density at radius 3 is 2.33 bits per heavy atom. The lowest BCUT2D eigenvalue weighted by atomic mass is 10.0. The Hall–Kier alpha value is -1.50. The molecule has 0 amide bonds. The average Bonchev–Trinajstić information content (AvgIpc) is 2.59. The maximum atomic E-state index is 12.6. The SMILES string of the molecule is CC[C@H](NS(=O)(=O)c1ccc(SC)cc1)c1ccc(OC)c(C)c1. The van der Waals surface area contributed by atoms with Gasteiger partial charge in [0.2, 0.25) is 10.0 Å². The number of rotatable bonds is 7. The van der Waals surface area contributed by atoms with Crippen molar-refractivity contribution in [2.24, 2.45) is 0 Å². The standard InChI is InChI=1S/C18H23NO3S2/c1-5-17(14-6-11-18(22-3)13(2)12-14)19-24(20,21)16-9-7-15(23-4)8-10-16/h6-12,17,19H,5H2,1-4H3/t17-/m0/s1. The molecule has 0 saturated carbocycles. The largest absolute Gasteiger partial charge is 0.496 e. The summed E-state index contributed by atoms with van der Waals surface area (Å²) in [7, 11) is -1.94. The van der Waals surface area contributed by atoms with Gasteiger partial charge in [0, 0.05) is 10.9 Å². The van der Waals surface area contributed by atoms with Crippen molar-refractivity contribution < 1.29 is 13.2 Å². The van der Waals surface area contributed by atoms with Gasteiger partial charge < -0.3 is 4.74 Å². The number of methoxy groups -OCH3 is 1. The molecular weight excluding hydrogens is 342 g/mol. The van der Waals surface area contributed by atoms with Gasteiger partial charge in [-0.2, -0.15) is 0 Å². The van der Waals surface area contributed by atoms with E-state index in [4.69, 9.17) is 4.74 Å². The Bertz CT molecular complexity index is 786. The second-order valence-corrected chi connectivity index (χ2v) is 8.08. The number of ether oxygens (including phenoxy) is 1. The molecule has 6 heteroatoms. The second kappa shape index (κ2) is 8.05. The van der Waals surface area contributed by atoms with Crippen LogP contribution in [0.4, 0.5) is 0 Å². The molecule has 0 heterocycles. The van der Waals surface area contributed by atoms with Crippen molar-refractivity contribution in [1.82, 2.24) is 4.72 Å². The number of hydrogen-bond acceptors (Lipinski definition) is 4. The zero-order chi connectivity index (χ0) is 17.7. The molecule has 0 radical (unpaired) electrons. The molecule has 0 saturated heterocycles. The van der Waals surface area contributed by atoms with Crippen LogP contribution >= 0.6 is 11.8 Å². The minimum Gasteiger partial charge on any atom is -0.496 e. The van der Waals surface area contributed by atoms with Crippen LogP contribution in [-0.2, 0) is 10.0 Å². The molecule has 0 aliphatic rings. The van der Waals surface area contributed by atoms with Crippen molar-refractivity contribution in [3.8, 4) is 5.75 Å². The Balaban J connectivity index is 2.26. The lowest BCUT2D eigenvalue weighted by Gasteiger charge is -2.19. The highest BCUT2D eigenvalue weighted by molar-refractivity contribution is 7.98. The van der Waals surface area contributed by atoms with Crippen molar-refractivity contribution in [1.29, 1.82) is 0 Å². The molecule has 0 aromatic heterocycles. The number of benzene rings is 2. The van der Waals surface area contributed by atoms with E-state index in [1.54, 1.807) is 31.0 Å². The first-order chi connectivity index (χ1) is 11.4. The highest BCUT2D eigenvalue weighted by Crippen LogP contribution is 2.26. The summed E-state index contributed by atoms with van der Waals surface area (Å²) in [5.41, 5.74) is 1.91. The average molecular weight is 366 g/mol. The van der Waals surface area contributed by atoms with E-state index < -0.39 is 10.0 Å². The number of nitrogens with one attached hydrogen (secondary N) is 1. The summed E-state index contributed by atoms with van der Waals surface area (Å²) in [5.74, 6) is 0.795. The monoisotopic (exact) mass is 365 g/mol. The minimum absolute atomic E-state index is 0.278. The van der Waals surface area contributed by atoms with Crippen molar-refractivity contribution in [3.63, 3.8) is 0 Å². The van der Waals surface area contributed by atoms with E-state index in [9.17, 15) is 8.42 Å². The Labute approximate surface area is 148 Å². The van der Waals surface area contributed by atoms with Crippen LogP contribution in [0.1, 0.15) is 30.5 Å². The first-order valence-electron chi connectivity index (χ1n) is 7.72. The van der Waals surface area contributed by atoms with Gasteiger partial charge in [0.1, 0.15) is 5.75 Å². The van der Waals surface area contributed by atoms with Gasteiger partial charge in [-0.15, -0.1) is 11.8 Å². The zero-order valence-electron chi connectivity index (χ0n) is 14.4. The summed E-state index contributed by atoms with van der Waals surface area (Å²) in [6.07, 6.45) is 2.62. The lowest BCUT2D eigenvalue weighted by Crippen LogP contribution is -2.28. The van der Waals surface area contributed by atoms with Crippen LogP contribution in [0.3, 0.4) is 0 Å². The molecule has 1 N–H and O–H groups in total. The van der Waals surface area contributed by atoms with Gasteiger partial charge in [0.25, 0.3) is 0 Å². The first kappa shape index (κ1) is 18.8. The van der Waals surface area contributed by atoms with Crippen molar-refractivity contribution in [3.05, 3.63) is 53.6 Å². The molecule has 2 aromatic rings. The van der Waals surface area contributed by atoms with Crippen LogP contribution < -0.4 is 9.46 Å². The molecule has 4 nitrogen and oxygen atoms in total. The molecule has 0 aliphatic heterocycles. The summed E-state index contributed by atoms with van der Waals surface area (Å²) >= 11 is 1.58. The molecule has 24 heavy (non-hydrogen) atoms. The van der Waals surface area contributed by atoms with Crippen molar-refractivity contribution in [2.75, 3.05) is 13.4 Å². The molecule has 0 bridgehead atoms. The van der Waals surface area contributed by atoms with E-state index in [1.807, 2.05) is 50.4 Å². The predicted octanol–water partition coefficient (Wildman–Crippen LogP) is 4.16. The third-order valence-corrected chi connectivity index (χ3v) is 6.13. The molecule has 0 spiro atoms. The summed E-state index contributed by atoms with van der Waals surface area (Å²) in [6, 6.07) is 12.4. The first-order valence-corrected chi connectivity index (χ1v) is 10.4. The molecule has 0 unspecified atom stereocenters. The van der Waals surface area contributed by atoms with Crippen LogP contribution in [0.2, 0.25) is 0 Å². The minimum atomic E-state index is -3.56. The molecule has 0 fully saturated rings. The number of sulfonamides is 1. The Morgan fingerprint density at radius 1 is 1.17 bits per heavy atom. The van der Waals surface area contributed by atoms with Gasteiger partial charge in [0.15, 0.2) is 0 Å². The summed E-state index contributed by atoms with van der Waals surface area (Å²) in [6.45, 7) is 3.91. The normalized spacial score (nSPS) is 12.8. The van der Waals surface area contributed by atoms with Crippen LogP contribution in [0, 0.1) is 6.92 Å². The van der Waals surface area contributed by atoms with E-state index in [2.05, 4.69) is 4.72 Å². The fraction of sp³-hybridized carbons (Fsp3) is 0.333. The smallest absolute Gasteiger partial charge is 0.241 e. The number of aryl methyl sites for hydroxylation is 1. The van der Waals surface area contributed by atoms with Gasteiger partial charge in [0.05, 0.1) is 12.0 Å². The summed E-state index contributed by atoms with van der Waals surface area (Å²) in [4.78, 5) is 1.32. The number of hydrogen-bond donors (Lipinski definition) is 1. The third kappa shape index (κ3) is 4.32. The predicted molar refractivity (Wildman–Crippen MR) is 99.3 cm³/mol. The van der Waals surface area contributed by atoms with Crippen LogP contribution in [0.15, 0.2) is 52.3 Å². The maximum absolute atomic E-state index is 12.6. The van der Waals surface area contributed by atoms with E-state index >= 15 is 0 Å². The summed E-state index contributed by atoms with van der Waals surface area (Å²) in [5, 5.41) is 0. The van der Waals surface area contributed by atoms with Crippen LogP contribution in [0.25, 0.3) is 0 Å². The molecule has 2 rings (SSSR count). The van der Waals surface area contributed by atoms with Gasteiger partial charge in [-0.3, -0.25) is 0 Å². The quantitative estimate of drug-likeness (QED) is 0.749. The summed E-state index contributed by atoms with van der Waals surface area (Å²) < 4.78 is 33.3. The van der Waals surface area contributed by atoms with E-state index in [0.29, 0.717) is 6.42 Å². The van der Waals surface area contributed by atoms with Crippen molar-refractivity contribution in [2.45, 2.75) is 36.1 Å². The van der Waals surface area contributed by atoms with E-state index in [-0.39, 0.29) is 10.9 Å². The maximum Gasteiger partial charge on any atom is 0.241 e. The van der Waals surface area contributed by atoms with E-state index in [1.165, 1.54) is 0 Å². The van der Waals surface area contributed by atoms with Crippen LogP contribution in [0.5, 0.6) is 5.75 Å². The molecular formula is C18H23NO3S2. The Morgan fingerprint density at radius 2 is 1.83 bits per heavy atom. The fourth-order valence-electron chi connectivity index (χ4n) is 2.52. The Kier molecular flexibility index (Phi) is 6.32. The second-order valence-electron chi connectivity index (χ2n) is 5.49. The van der Waals surface area contributed by atoms with Gasteiger partial charge >= 0.3 is 0 Å². The van der Waals surface area contributed by atoms with E-state index in [0.717, 1.165) is 21.8 Å². The molecule has 0 aliphatic carbocycles. The van der Waals surface area contributed by atoms with Gasteiger partial charge in [-0.1, -0.05) is 19.1 Å². The number of thioether (sulfide) groups is 1. The highest BCUT2D eigenvalue weighted by atomic mass is 32.2. The highest BCUT2D eigenvalue weighted by Gasteiger charge is 2.20. The third-order valence-electron chi connectivity index (χ3n) is 3.90. The van der Waals surface area contributed by atoms with Crippen LogP contribution in [-0.4, -0.2) is 21.8 Å². The molecule has 1 atom stereocenters. The van der Waals surface area contributed by atoms with Gasteiger partial charge in [-0.25, -0.2) is 13.1 Å². The lowest BCUT2D eigenvalue weighted by molar-refractivity contribution is 0.411. The zero-order valence-corrected chi connectivity index (χ0v) is 16.0. The topological polar surface area (TPSA) is 55.4 Å².